The highest BCUT2D eigenvalue weighted by Gasteiger charge is 2.12. The molecule has 0 heterocycles. The van der Waals surface area contributed by atoms with Gasteiger partial charge in [-0.25, -0.2) is 8.78 Å². The van der Waals surface area contributed by atoms with Gasteiger partial charge in [-0.05, 0) is 42.0 Å². The SMILES string of the molecule is Fc1cc(F)c(NCc2ccc3c(c2)CCC3)c(Cl)c1. The van der Waals surface area contributed by atoms with E-state index >= 15 is 0 Å². The van der Waals surface area contributed by atoms with E-state index in [-0.39, 0.29) is 10.7 Å². The fraction of sp³-hybridized carbons (Fsp3) is 0.250. The number of benzene rings is 2. The molecule has 0 fully saturated rings. The molecule has 0 saturated heterocycles. The van der Waals surface area contributed by atoms with Crippen molar-refractivity contribution in [3.8, 4) is 0 Å². The monoisotopic (exact) mass is 293 g/mol. The van der Waals surface area contributed by atoms with E-state index in [1.54, 1.807) is 0 Å². The Bertz CT molecular complexity index is 632. The predicted molar refractivity (Wildman–Crippen MR) is 77.2 cm³/mol. The third-order valence-corrected chi connectivity index (χ3v) is 3.94. The molecule has 1 aliphatic carbocycles. The highest BCUT2D eigenvalue weighted by Crippen LogP contribution is 2.28. The molecule has 0 aromatic heterocycles. The molecule has 0 radical (unpaired) electrons. The Balaban J connectivity index is 1.77. The van der Waals surface area contributed by atoms with Crippen molar-refractivity contribution in [1.82, 2.24) is 0 Å². The lowest BCUT2D eigenvalue weighted by Gasteiger charge is -2.11. The zero-order chi connectivity index (χ0) is 14.1. The van der Waals surface area contributed by atoms with Gasteiger partial charge in [0.1, 0.15) is 5.82 Å². The predicted octanol–water partition coefficient (Wildman–Crippen LogP) is 4.72. The molecule has 104 valence electrons. The summed E-state index contributed by atoms with van der Waals surface area (Å²) >= 11 is 5.85. The second-order valence-corrected chi connectivity index (χ2v) is 5.46. The van der Waals surface area contributed by atoms with Gasteiger partial charge in [0, 0.05) is 12.6 Å². The maximum atomic E-state index is 13.6. The third kappa shape index (κ3) is 2.63. The van der Waals surface area contributed by atoms with E-state index in [1.165, 1.54) is 17.5 Å². The minimum atomic E-state index is -0.671. The quantitative estimate of drug-likeness (QED) is 0.863. The van der Waals surface area contributed by atoms with Crippen LogP contribution in [0.5, 0.6) is 0 Å². The van der Waals surface area contributed by atoms with Crippen LogP contribution < -0.4 is 5.32 Å². The number of anilines is 1. The lowest BCUT2D eigenvalue weighted by atomic mass is 10.1. The Labute approximate surface area is 121 Å². The Morgan fingerprint density at radius 3 is 2.65 bits per heavy atom. The number of hydrogen-bond donors (Lipinski definition) is 1. The van der Waals surface area contributed by atoms with E-state index in [0.29, 0.717) is 6.54 Å². The first-order valence-electron chi connectivity index (χ1n) is 6.62. The topological polar surface area (TPSA) is 12.0 Å². The van der Waals surface area contributed by atoms with E-state index in [1.807, 2.05) is 6.07 Å². The molecular weight excluding hydrogens is 280 g/mol. The van der Waals surface area contributed by atoms with Crippen molar-refractivity contribution in [3.05, 3.63) is 63.7 Å². The molecule has 2 aromatic carbocycles. The second kappa shape index (κ2) is 5.41. The van der Waals surface area contributed by atoms with Gasteiger partial charge in [-0.3, -0.25) is 0 Å². The Morgan fingerprint density at radius 2 is 1.85 bits per heavy atom. The maximum Gasteiger partial charge on any atom is 0.150 e. The van der Waals surface area contributed by atoms with E-state index in [0.717, 1.165) is 30.5 Å². The van der Waals surface area contributed by atoms with Gasteiger partial charge in [0.25, 0.3) is 0 Å². The Kier molecular flexibility index (Phi) is 3.62. The van der Waals surface area contributed by atoms with Crippen LogP contribution in [0.4, 0.5) is 14.5 Å². The van der Waals surface area contributed by atoms with Crippen LogP contribution in [0.25, 0.3) is 0 Å². The van der Waals surface area contributed by atoms with Crippen molar-refractivity contribution in [1.29, 1.82) is 0 Å². The molecule has 1 aliphatic rings. The van der Waals surface area contributed by atoms with Crippen molar-refractivity contribution in [2.75, 3.05) is 5.32 Å². The van der Waals surface area contributed by atoms with Gasteiger partial charge in [-0.15, -0.1) is 0 Å². The second-order valence-electron chi connectivity index (χ2n) is 5.05. The normalized spacial score (nSPS) is 13.3. The van der Waals surface area contributed by atoms with Crippen LogP contribution in [0.1, 0.15) is 23.1 Å². The summed E-state index contributed by atoms with van der Waals surface area (Å²) in [6, 6.07) is 8.24. The van der Waals surface area contributed by atoms with Crippen LogP contribution in [0.3, 0.4) is 0 Å². The number of hydrogen-bond acceptors (Lipinski definition) is 1. The summed E-state index contributed by atoms with van der Waals surface area (Å²) in [6.07, 6.45) is 3.45. The number of nitrogens with one attached hydrogen (secondary N) is 1. The fourth-order valence-electron chi connectivity index (χ4n) is 2.64. The summed E-state index contributed by atoms with van der Waals surface area (Å²) in [5.41, 5.74) is 3.99. The summed E-state index contributed by atoms with van der Waals surface area (Å²) in [6.45, 7) is 0.468. The van der Waals surface area contributed by atoms with Crippen LogP contribution in [0.2, 0.25) is 5.02 Å². The van der Waals surface area contributed by atoms with Crippen LogP contribution >= 0.6 is 11.6 Å². The van der Waals surface area contributed by atoms with Gasteiger partial charge in [0.05, 0.1) is 10.7 Å². The average molecular weight is 294 g/mol. The van der Waals surface area contributed by atoms with Crippen molar-refractivity contribution in [2.45, 2.75) is 25.8 Å². The number of fused-ring (bicyclic) bond motifs is 1. The minimum Gasteiger partial charge on any atom is -0.377 e. The minimum absolute atomic E-state index is 0.0589. The molecule has 0 spiro atoms. The first kappa shape index (κ1) is 13.4. The summed E-state index contributed by atoms with van der Waals surface area (Å²) in [4.78, 5) is 0. The van der Waals surface area contributed by atoms with Crippen LogP contribution in [-0.4, -0.2) is 0 Å². The number of aryl methyl sites for hydroxylation is 2. The molecule has 0 unspecified atom stereocenters. The van der Waals surface area contributed by atoms with E-state index < -0.39 is 11.6 Å². The molecular formula is C16H14ClF2N. The molecule has 0 saturated carbocycles. The highest BCUT2D eigenvalue weighted by atomic mass is 35.5. The summed E-state index contributed by atoms with van der Waals surface area (Å²) in [7, 11) is 0. The zero-order valence-corrected chi connectivity index (χ0v) is 11.6. The first-order chi connectivity index (χ1) is 9.63. The summed E-state index contributed by atoms with van der Waals surface area (Å²) in [5.74, 6) is -1.34. The summed E-state index contributed by atoms with van der Waals surface area (Å²) < 4.78 is 26.6. The van der Waals surface area contributed by atoms with E-state index in [2.05, 4.69) is 17.4 Å². The van der Waals surface area contributed by atoms with Crippen LogP contribution in [-0.2, 0) is 19.4 Å². The molecule has 2 aromatic rings. The molecule has 4 heteroatoms. The lowest BCUT2D eigenvalue weighted by molar-refractivity contribution is 0.585. The molecule has 0 amide bonds. The van der Waals surface area contributed by atoms with Crippen LogP contribution in [0.15, 0.2) is 30.3 Å². The van der Waals surface area contributed by atoms with Gasteiger partial charge in [-0.2, -0.15) is 0 Å². The van der Waals surface area contributed by atoms with Gasteiger partial charge in [0.2, 0.25) is 0 Å². The van der Waals surface area contributed by atoms with Crippen molar-refractivity contribution in [2.24, 2.45) is 0 Å². The van der Waals surface area contributed by atoms with Gasteiger partial charge in [-0.1, -0.05) is 29.8 Å². The van der Waals surface area contributed by atoms with Crippen molar-refractivity contribution >= 4 is 17.3 Å². The molecule has 0 aliphatic heterocycles. The molecule has 1 nitrogen and oxygen atoms in total. The fourth-order valence-corrected chi connectivity index (χ4v) is 2.90. The van der Waals surface area contributed by atoms with Crippen LogP contribution in [0, 0.1) is 11.6 Å². The standard InChI is InChI=1S/C16H14ClF2N/c17-14-7-13(18)8-15(19)16(14)20-9-10-4-5-11-2-1-3-12(11)6-10/h4-8,20H,1-3,9H2. The molecule has 20 heavy (non-hydrogen) atoms. The Hall–Kier alpha value is -1.61. The van der Waals surface area contributed by atoms with Crippen molar-refractivity contribution < 1.29 is 8.78 Å². The molecule has 0 atom stereocenters. The largest absolute Gasteiger partial charge is 0.377 e. The van der Waals surface area contributed by atoms with Gasteiger partial charge in [0.15, 0.2) is 5.82 Å². The molecule has 1 N–H and O–H groups in total. The Morgan fingerprint density at radius 1 is 1.05 bits per heavy atom. The van der Waals surface area contributed by atoms with Gasteiger partial charge < -0.3 is 5.32 Å². The summed E-state index contributed by atoms with van der Waals surface area (Å²) in [5, 5.41) is 3.00. The molecule has 0 bridgehead atoms. The van der Waals surface area contributed by atoms with Gasteiger partial charge >= 0.3 is 0 Å². The first-order valence-corrected chi connectivity index (χ1v) is 7.00. The molecule has 3 rings (SSSR count). The number of halogens is 3. The maximum absolute atomic E-state index is 13.6. The zero-order valence-electron chi connectivity index (χ0n) is 10.8. The van der Waals surface area contributed by atoms with E-state index in [4.69, 9.17) is 11.6 Å². The lowest BCUT2D eigenvalue weighted by Crippen LogP contribution is -2.03. The van der Waals surface area contributed by atoms with Crippen molar-refractivity contribution in [3.63, 3.8) is 0 Å². The smallest absolute Gasteiger partial charge is 0.150 e. The average Bonchev–Trinajstić information content (AvgIpc) is 2.84. The highest BCUT2D eigenvalue weighted by molar-refractivity contribution is 6.33. The third-order valence-electron chi connectivity index (χ3n) is 3.64. The van der Waals surface area contributed by atoms with E-state index in [9.17, 15) is 8.78 Å². The number of rotatable bonds is 3.